The molecule has 1 aliphatic heterocycles. The van der Waals surface area contributed by atoms with Crippen LogP contribution >= 0.6 is 15.9 Å². The molecule has 6 nitrogen and oxygen atoms in total. The fourth-order valence-corrected chi connectivity index (χ4v) is 3.94. The summed E-state index contributed by atoms with van der Waals surface area (Å²) in [4.78, 5) is 18.2. The number of hydrazone groups is 1. The summed E-state index contributed by atoms with van der Waals surface area (Å²) in [5.74, 6) is -0.845. The van der Waals surface area contributed by atoms with Crippen LogP contribution < -0.4 is 5.01 Å². The number of hydrogen-bond acceptors (Lipinski definition) is 5. The maximum Gasteiger partial charge on any atom is 0.294 e. The van der Waals surface area contributed by atoms with Crippen molar-refractivity contribution >= 4 is 33.2 Å². The first-order valence-corrected chi connectivity index (χ1v) is 10.0. The smallest absolute Gasteiger partial charge is 0.294 e. The van der Waals surface area contributed by atoms with Crippen LogP contribution in [0.4, 0.5) is 10.1 Å². The second-order valence-electron chi connectivity index (χ2n) is 6.86. The van der Waals surface area contributed by atoms with Crippen LogP contribution in [0.2, 0.25) is 0 Å². The van der Waals surface area contributed by atoms with E-state index in [0.29, 0.717) is 17.3 Å². The number of halogens is 2. The van der Waals surface area contributed by atoms with Gasteiger partial charge in [0.05, 0.1) is 24.8 Å². The zero-order valence-electron chi connectivity index (χ0n) is 16.3. The number of amides is 1. The molecule has 0 saturated carbocycles. The predicted octanol–water partition coefficient (Wildman–Crippen LogP) is 3.49. The lowest BCUT2D eigenvalue weighted by molar-refractivity contribution is -0.160. The summed E-state index contributed by atoms with van der Waals surface area (Å²) in [7, 11) is 2.91. The van der Waals surface area contributed by atoms with Crippen molar-refractivity contribution in [3.05, 3.63) is 64.4 Å². The number of hydrogen-bond donors (Lipinski definition) is 1. The van der Waals surface area contributed by atoms with Gasteiger partial charge >= 0.3 is 0 Å². The maximum absolute atomic E-state index is 14.6. The summed E-state index contributed by atoms with van der Waals surface area (Å²) in [5.41, 5.74) is 0.582. The largest absolute Gasteiger partial charge is 0.396 e. The Labute approximate surface area is 177 Å². The molecular formula is C21H23BrFN3O3. The fraction of sp³-hybridized carbons (Fsp3) is 0.333. The topological polar surface area (TPSA) is 65.4 Å². The Morgan fingerprint density at radius 3 is 2.72 bits per heavy atom. The number of anilines is 1. The first-order valence-electron chi connectivity index (χ1n) is 9.23. The monoisotopic (exact) mass is 463 g/mol. The molecule has 2 aromatic carbocycles. The van der Waals surface area contributed by atoms with E-state index >= 15 is 0 Å². The van der Waals surface area contributed by atoms with Crippen LogP contribution in [0.1, 0.15) is 18.4 Å². The molecule has 1 heterocycles. The van der Waals surface area contributed by atoms with Crippen molar-refractivity contribution in [2.75, 3.05) is 32.3 Å². The summed E-state index contributed by atoms with van der Waals surface area (Å²) in [6.07, 6.45) is 0.939. The molecule has 1 amide bonds. The fourth-order valence-electron chi connectivity index (χ4n) is 3.59. The van der Waals surface area contributed by atoms with Gasteiger partial charge in [-0.05, 0) is 36.6 Å². The molecule has 0 spiro atoms. The number of carbonyl (C=O) groups excluding carboxylic acids is 1. The van der Waals surface area contributed by atoms with Crippen molar-refractivity contribution in [1.29, 1.82) is 0 Å². The number of hydroxylamine groups is 2. The highest BCUT2D eigenvalue weighted by atomic mass is 79.9. The van der Waals surface area contributed by atoms with Gasteiger partial charge in [-0.2, -0.15) is 5.10 Å². The highest BCUT2D eigenvalue weighted by Crippen LogP contribution is 2.40. The average Bonchev–Trinajstić information content (AvgIpc) is 3.14. The Hall–Kier alpha value is -2.29. The lowest BCUT2D eigenvalue weighted by Gasteiger charge is -2.32. The zero-order chi connectivity index (χ0) is 21.0. The van der Waals surface area contributed by atoms with E-state index in [1.54, 1.807) is 12.1 Å². The molecule has 0 bridgehead atoms. The number of benzene rings is 2. The molecule has 3 rings (SSSR count). The third-order valence-corrected chi connectivity index (χ3v) is 5.62. The van der Waals surface area contributed by atoms with Crippen LogP contribution in [0.15, 0.2) is 58.1 Å². The number of aliphatic hydroxyl groups excluding tert-OH is 1. The summed E-state index contributed by atoms with van der Waals surface area (Å²) in [6.45, 7) is 0.241. The third kappa shape index (κ3) is 4.19. The first-order chi connectivity index (χ1) is 13.9. The third-order valence-electron chi connectivity index (χ3n) is 5.13. The molecule has 0 radical (unpaired) electrons. The Kier molecular flexibility index (Phi) is 6.66. The van der Waals surface area contributed by atoms with Gasteiger partial charge in [0.15, 0.2) is 0 Å². The highest BCUT2D eigenvalue weighted by Gasteiger charge is 2.48. The predicted molar refractivity (Wildman–Crippen MR) is 113 cm³/mol. The van der Waals surface area contributed by atoms with Crippen molar-refractivity contribution in [1.82, 2.24) is 5.06 Å². The second-order valence-corrected chi connectivity index (χ2v) is 7.78. The van der Waals surface area contributed by atoms with Crippen molar-refractivity contribution < 1.29 is 19.1 Å². The molecule has 0 fully saturated rings. The molecule has 29 heavy (non-hydrogen) atoms. The normalized spacial score (nSPS) is 18.7. The SMILES string of the molecule is CON(C)C(=O)C1=NN(c2cc(Br)ccc2F)CC1(CCCO)c1ccccc1. The summed E-state index contributed by atoms with van der Waals surface area (Å²) in [6, 6.07) is 14.1. The van der Waals surface area contributed by atoms with Crippen LogP contribution in [-0.4, -0.2) is 49.1 Å². The number of aliphatic hydroxyl groups is 1. The lowest BCUT2D eigenvalue weighted by Crippen LogP contribution is -2.46. The summed E-state index contributed by atoms with van der Waals surface area (Å²) >= 11 is 3.37. The van der Waals surface area contributed by atoms with Gasteiger partial charge in [-0.3, -0.25) is 14.6 Å². The van der Waals surface area contributed by atoms with Gasteiger partial charge in [0.2, 0.25) is 0 Å². The van der Waals surface area contributed by atoms with Gasteiger partial charge in [-0.25, -0.2) is 9.45 Å². The molecule has 1 N–H and O–H groups in total. The van der Waals surface area contributed by atoms with Gasteiger partial charge in [-0.15, -0.1) is 0 Å². The highest BCUT2D eigenvalue weighted by molar-refractivity contribution is 9.10. The van der Waals surface area contributed by atoms with Crippen LogP contribution in [0.5, 0.6) is 0 Å². The number of carbonyl (C=O) groups is 1. The second kappa shape index (κ2) is 9.02. The Morgan fingerprint density at radius 2 is 2.07 bits per heavy atom. The van der Waals surface area contributed by atoms with Gasteiger partial charge < -0.3 is 5.11 Å². The molecule has 1 aliphatic rings. The molecule has 1 atom stereocenters. The van der Waals surface area contributed by atoms with Crippen LogP contribution in [0, 0.1) is 5.82 Å². The average molecular weight is 464 g/mol. The number of rotatable bonds is 7. The van der Waals surface area contributed by atoms with Crippen molar-refractivity contribution in [3.63, 3.8) is 0 Å². The maximum atomic E-state index is 14.6. The molecule has 2 aromatic rings. The van der Waals surface area contributed by atoms with Gasteiger partial charge in [0, 0.05) is 18.1 Å². The van der Waals surface area contributed by atoms with E-state index in [9.17, 15) is 14.3 Å². The van der Waals surface area contributed by atoms with Crippen molar-refractivity contribution in [2.45, 2.75) is 18.3 Å². The lowest BCUT2D eigenvalue weighted by atomic mass is 9.73. The summed E-state index contributed by atoms with van der Waals surface area (Å²) < 4.78 is 15.3. The minimum absolute atomic E-state index is 0.0264. The summed E-state index contributed by atoms with van der Waals surface area (Å²) in [5, 5.41) is 16.7. The van der Waals surface area contributed by atoms with Crippen molar-refractivity contribution in [3.8, 4) is 0 Å². The first kappa shape index (κ1) is 21.4. The Morgan fingerprint density at radius 1 is 1.34 bits per heavy atom. The van der Waals surface area contributed by atoms with Gasteiger partial charge in [0.25, 0.3) is 5.91 Å². The molecule has 154 valence electrons. The molecule has 0 aromatic heterocycles. The van der Waals surface area contributed by atoms with E-state index in [0.717, 1.165) is 10.6 Å². The van der Waals surface area contributed by atoms with E-state index in [1.807, 2.05) is 30.3 Å². The quantitative estimate of drug-likeness (QED) is 0.638. The van der Waals surface area contributed by atoms with Crippen LogP contribution in [-0.2, 0) is 15.0 Å². The standard InChI is InChI=1S/C21H23BrFN3O3/c1-25(29-2)20(28)19-21(11-6-12-27,15-7-4-3-5-8-15)14-26(24-19)18-13-16(22)9-10-17(18)23/h3-5,7-10,13,27H,6,11-12,14H2,1-2H3. The zero-order valence-corrected chi connectivity index (χ0v) is 17.9. The molecule has 0 saturated heterocycles. The van der Waals surface area contributed by atoms with E-state index in [4.69, 9.17) is 4.84 Å². The molecular weight excluding hydrogens is 441 g/mol. The van der Waals surface area contributed by atoms with E-state index < -0.39 is 17.1 Å². The van der Waals surface area contributed by atoms with Crippen molar-refractivity contribution in [2.24, 2.45) is 5.10 Å². The van der Waals surface area contributed by atoms with E-state index in [1.165, 1.54) is 25.2 Å². The minimum atomic E-state index is -0.817. The number of nitrogens with zero attached hydrogens (tertiary/aromatic N) is 3. The minimum Gasteiger partial charge on any atom is -0.396 e. The van der Waals surface area contributed by atoms with Crippen LogP contribution in [0.25, 0.3) is 0 Å². The molecule has 0 aliphatic carbocycles. The van der Waals surface area contributed by atoms with Gasteiger partial charge in [-0.1, -0.05) is 46.3 Å². The van der Waals surface area contributed by atoms with Crippen LogP contribution in [0.3, 0.4) is 0 Å². The molecule has 1 unspecified atom stereocenters. The molecule has 8 heteroatoms. The Balaban J connectivity index is 2.16. The van der Waals surface area contributed by atoms with E-state index in [2.05, 4.69) is 21.0 Å². The van der Waals surface area contributed by atoms with E-state index in [-0.39, 0.29) is 24.6 Å². The Bertz CT molecular complexity index is 909. The van der Waals surface area contributed by atoms with Gasteiger partial charge in [0.1, 0.15) is 11.5 Å².